The first-order chi connectivity index (χ1) is 4.31. The second kappa shape index (κ2) is 5.15. The van der Waals surface area contributed by atoms with Gasteiger partial charge in [-0.05, 0) is 13.0 Å². The Morgan fingerprint density at radius 1 is 1.78 bits per heavy atom. The van der Waals surface area contributed by atoms with Crippen molar-refractivity contribution in [3.63, 3.8) is 0 Å². The van der Waals surface area contributed by atoms with E-state index >= 15 is 0 Å². The van der Waals surface area contributed by atoms with E-state index in [-0.39, 0.29) is 0 Å². The molecular formula is C6H13N3. The maximum atomic E-state index is 5.34. The zero-order valence-corrected chi connectivity index (χ0v) is 5.89. The molecule has 0 aliphatic carbocycles. The summed E-state index contributed by atoms with van der Waals surface area (Å²) < 4.78 is 0. The van der Waals surface area contributed by atoms with Gasteiger partial charge in [0, 0.05) is 19.8 Å². The third-order valence-electron chi connectivity index (χ3n) is 0.834. The van der Waals surface area contributed by atoms with E-state index in [1.807, 2.05) is 6.92 Å². The fourth-order valence-electron chi connectivity index (χ4n) is 0.337. The van der Waals surface area contributed by atoms with Crippen LogP contribution in [0.4, 0.5) is 0 Å². The SMILES string of the molecule is CCN/C=C\C(N)=NC. The fourth-order valence-corrected chi connectivity index (χ4v) is 0.337. The average molecular weight is 127 g/mol. The Hall–Kier alpha value is -0.990. The fraction of sp³-hybridized carbons (Fsp3) is 0.500. The van der Waals surface area contributed by atoms with Gasteiger partial charge in [-0.1, -0.05) is 0 Å². The van der Waals surface area contributed by atoms with E-state index in [4.69, 9.17) is 5.73 Å². The van der Waals surface area contributed by atoms with Crippen molar-refractivity contribution in [1.82, 2.24) is 5.32 Å². The molecule has 52 valence electrons. The standard InChI is InChI=1S/C6H13N3/c1-3-9-5-4-6(7)8-2/h4-5,9H,3H2,1-2H3,(H2,7,8)/b5-4-. The molecule has 0 amide bonds. The largest absolute Gasteiger partial charge is 0.391 e. The molecule has 0 spiro atoms. The van der Waals surface area contributed by atoms with Crippen molar-refractivity contribution in [2.45, 2.75) is 6.92 Å². The van der Waals surface area contributed by atoms with Crippen LogP contribution in [-0.2, 0) is 0 Å². The third kappa shape index (κ3) is 4.87. The first-order valence-electron chi connectivity index (χ1n) is 2.93. The molecule has 3 heteroatoms. The average Bonchev–Trinajstić information content (AvgIpc) is 1.89. The lowest BCUT2D eigenvalue weighted by Gasteiger charge is -1.90. The molecule has 0 heterocycles. The van der Waals surface area contributed by atoms with Gasteiger partial charge in [0.15, 0.2) is 0 Å². The summed E-state index contributed by atoms with van der Waals surface area (Å²) in [5, 5.41) is 2.97. The molecule has 0 aliphatic rings. The second-order valence-corrected chi connectivity index (χ2v) is 1.54. The molecule has 0 radical (unpaired) electrons. The highest BCUT2D eigenvalue weighted by Gasteiger charge is 1.75. The van der Waals surface area contributed by atoms with Gasteiger partial charge in [0.2, 0.25) is 0 Å². The van der Waals surface area contributed by atoms with Crippen LogP contribution in [0.25, 0.3) is 0 Å². The molecule has 3 nitrogen and oxygen atoms in total. The maximum Gasteiger partial charge on any atom is 0.119 e. The quantitative estimate of drug-likeness (QED) is 0.417. The van der Waals surface area contributed by atoms with Crippen molar-refractivity contribution < 1.29 is 0 Å². The van der Waals surface area contributed by atoms with Crippen LogP contribution in [0.1, 0.15) is 6.92 Å². The Kier molecular flexibility index (Phi) is 4.59. The minimum absolute atomic E-state index is 0.538. The van der Waals surface area contributed by atoms with E-state index in [1.54, 1.807) is 19.3 Å². The summed E-state index contributed by atoms with van der Waals surface area (Å²) in [6.45, 7) is 2.93. The van der Waals surface area contributed by atoms with Crippen LogP contribution in [0.2, 0.25) is 0 Å². The molecule has 3 N–H and O–H groups in total. The molecule has 0 unspecified atom stereocenters. The lowest BCUT2D eigenvalue weighted by molar-refractivity contribution is 0.920. The lowest BCUT2D eigenvalue weighted by Crippen LogP contribution is -2.10. The predicted octanol–water partition coefficient (Wildman–Crippen LogP) is 0.0966. The molecule has 0 saturated heterocycles. The zero-order chi connectivity index (χ0) is 7.11. The number of nitrogens with two attached hydrogens (primary N) is 1. The number of aliphatic imine (C=N–C) groups is 1. The Morgan fingerprint density at radius 2 is 2.44 bits per heavy atom. The molecule has 0 fully saturated rings. The Morgan fingerprint density at radius 3 is 2.89 bits per heavy atom. The molecule has 0 aromatic heterocycles. The normalized spacial score (nSPS) is 12.4. The highest BCUT2D eigenvalue weighted by molar-refractivity contribution is 5.91. The van der Waals surface area contributed by atoms with Crippen LogP contribution in [0, 0.1) is 0 Å². The van der Waals surface area contributed by atoms with Gasteiger partial charge in [-0.25, -0.2) is 0 Å². The van der Waals surface area contributed by atoms with Crippen LogP contribution < -0.4 is 11.1 Å². The second-order valence-electron chi connectivity index (χ2n) is 1.54. The van der Waals surface area contributed by atoms with Gasteiger partial charge in [0.1, 0.15) is 5.84 Å². The van der Waals surface area contributed by atoms with Gasteiger partial charge in [-0.2, -0.15) is 0 Å². The molecule has 0 bridgehead atoms. The molecule has 0 aromatic carbocycles. The zero-order valence-electron chi connectivity index (χ0n) is 5.89. The van der Waals surface area contributed by atoms with Crippen molar-refractivity contribution in [3.8, 4) is 0 Å². The van der Waals surface area contributed by atoms with Crippen molar-refractivity contribution >= 4 is 5.84 Å². The predicted molar refractivity (Wildman–Crippen MR) is 40.4 cm³/mol. The summed E-state index contributed by atoms with van der Waals surface area (Å²) >= 11 is 0. The van der Waals surface area contributed by atoms with Crippen LogP contribution >= 0.6 is 0 Å². The highest BCUT2D eigenvalue weighted by atomic mass is 14.8. The summed E-state index contributed by atoms with van der Waals surface area (Å²) in [5.41, 5.74) is 5.34. The summed E-state index contributed by atoms with van der Waals surface area (Å²) in [6.07, 6.45) is 3.51. The van der Waals surface area contributed by atoms with Gasteiger partial charge >= 0.3 is 0 Å². The Balaban J connectivity index is 3.45. The molecule has 0 aliphatic heterocycles. The third-order valence-corrected chi connectivity index (χ3v) is 0.834. The van der Waals surface area contributed by atoms with Crippen molar-refractivity contribution in [3.05, 3.63) is 12.3 Å². The van der Waals surface area contributed by atoms with Crippen molar-refractivity contribution in [1.29, 1.82) is 0 Å². The minimum Gasteiger partial charge on any atom is -0.391 e. The van der Waals surface area contributed by atoms with E-state index in [1.165, 1.54) is 0 Å². The summed E-state index contributed by atoms with van der Waals surface area (Å²) in [5.74, 6) is 0.538. The van der Waals surface area contributed by atoms with Crippen LogP contribution in [0.15, 0.2) is 17.3 Å². The van der Waals surface area contributed by atoms with Gasteiger partial charge in [-0.15, -0.1) is 0 Å². The van der Waals surface area contributed by atoms with Crippen LogP contribution in [0.5, 0.6) is 0 Å². The molecule has 9 heavy (non-hydrogen) atoms. The molecule has 0 aromatic rings. The number of nitrogens with one attached hydrogen (secondary N) is 1. The number of hydrogen-bond donors (Lipinski definition) is 2. The van der Waals surface area contributed by atoms with Crippen LogP contribution in [0.3, 0.4) is 0 Å². The Labute approximate surface area is 55.7 Å². The molecule has 0 atom stereocenters. The summed E-state index contributed by atoms with van der Waals surface area (Å²) in [4.78, 5) is 3.73. The van der Waals surface area contributed by atoms with Crippen molar-refractivity contribution in [2.75, 3.05) is 13.6 Å². The van der Waals surface area contributed by atoms with E-state index in [9.17, 15) is 0 Å². The van der Waals surface area contributed by atoms with Gasteiger partial charge in [0.05, 0.1) is 0 Å². The van der Waals surface area contributed by atoms with E-state index in [2.05, 4.69) is 10.3 Å². The summed E-state index contributed by atoms with van der Waals surface area (Å²) in [6, 6.07) is 0. The number of rotatable bonds is 3. The first kappa shape index (κ1) is 8.01. The smallest absolute Gasteiger partial charge is 0.119 e. The van der Waals surface area contributed by atoms with E-state index < -0.39 is 0 Å². The van der Waals surface area contributed by atoms with Gasteiger partial charge in [-0.3, -0.25) is 4.99 Å². The van der Waals surface area contributed by atoms with Crippen LogP contribution in [-0.4, -0.2) is 19.4 Å². The maximum absolute atomic E-state index is 5.34. The molecule has 0 saturated carbocycles. The minimum atomic E-state index is 0.538. The highest BCUT2D eigenvalue weighted by Crippen LogP contribution is 1.68. The Bertz CT molecular complexity index is 115. The summed E-state index contributed by atoms with van der Waals surface area (Å²) in [7, 11) is 1.66. The van der Waals surface area contributed by atoms with E-state index in [0.29, 0.717) is 5.84 Å². The first-order valence-corrected chi connectivity index (χ1v) is 2.93. The van der Waals surface area contributed by atoms with Gasteiger partial charge < -0.3 is 11.1 Å². The number of nitrogens with zero attached hydrogens (tertiary/aromatic N) is 1. The van der Waals surface area contributed by atoms with E-state index in [0.717, 1.165) is 6.54 Å². The van der Waals surface area contributed by atoms with Crippen molar-refractivity contribution in [2.24, 2.45) is 10.7 Å². The number of hydrogen-bond acceptors (Lipinski definition) is 2. The monoisotopic (exact) mass is 127 g/mol. The topological polar surface area (TPSA) is 50.4 Å². The lowest BCUT2D eigenvalue weighted by atomic mass is 10.5. The molecule has 0 rings (SSSR count). The molecular weight excluding hydrogens is 114 g/mol. The number of amidine groups is 1. The van der Waals surface area contributed by atoms with Gasteiger partial charge in [0.25, 0.3) is 0 Å².